The smallest absolute Gasteiger partial charge is 0.129 e. The van der Waals surface area contributed by atoms with E-state index in [9.17, 15) is 5.11 Å². The maximum absolute atomic E-state index is 9.66. The van der Waals surface area contributed by atoms with Crippen molar-refractivity contribution in [1.82, 2.24) is 0 Å². The Morgan fingerprint density at radius 2 is 2.07 bits per heavy atom. The standard InChI is InChI=1S/C10H14ClNO3/c1-14-6-3-7(11)10(8(13)5-12)9(4-6)15-2/h3-4,8,13H,5,12H2,1-2H3. The topological polar surface area (TPSA) is 64.7 Å². The Morgan fingerprint density at radius 3 is 2.53 bits per heavy atom. The quantitative estimate of drug-likeness (QED) is 0.821. The maximum atomic E-state index is 9.66. The highest BCUT2D eigenvalue weighted by Gasteiger charge is 2.17. The van der Waals surface area contributed by atoms with Crippen molar-refractivity contribution in [3.8, 4) is 11.5 Å². The zero-order valence-electron chi connectivity index (χ0n) is 8.66. The molecule has 0 fully saturated rings. The predicted octanol–water partition coefficient (Wildman–Crippen LogP) is 1.35. The summed E-state index contributed by atoms with van der Waals surface area (Å²) in [6.07, 6.45) is -0.835. The molecule has 0 amide bonds. The maximum Gasteiger partial charge on any atom is 0.129 e. The fourth-order valence-corrected chi connectivity index (χ4v) is 1.62. The fourth-order valence-electron chi connectivity index (χ4n) is 1.30. The molecule has 1 aromatic rings. The number of nitrogens with two attached hydrogens (primary N) is 1. The van der Waals surface area contributed by atoms with Gasteiger partial charge in [0.15, 0.2) is 0 Å². The molecule has 0 saturated carbocycles. The molecule has 1 unspecified atom stereocenters. The number of hydrogen-bond acceptors (Lipinski definition) is 4. The lowest BCUT2D eigenvalue weighted by atomic mass is 10.1. The van der Waals surface area contributed by atoms with Gasteiger partial charge in [0.1, 0.15) is 11.5 Å². The number of aliphatic hydroxyl groups is 1. The Hall–Kier alpha value is -0.970. The predicted molar refractivity (Wildman–Crippen MR) is 58.6 cm³/mol. The average Bonchev–Trinajstić information content (AvgIpc) is 2.26. The van der Waals surface area contributed by atoms with Gasteiger partial charge < -0.3 is 20.3 Å². The molecule has 0 spiro atoms. The summed E-state index contributed by atoms with van der Waals surface area (Å²) in [6, 6.07) is 3.26. The van der Waals surface area contributed by atoms with E-state index in [0.717, 1.165) is 0 Å². The number of ether oxygens (including phenoxy) is 2. The molecule has 4 nitrogen and oxygen atoms in total. The summed E-state index contributed by atoms with van der Waals surface area (Å²) in [5, 5.41) is 10.0. The number of benzene rings is 1. The van der Waals surface area contributed by atoms with Crippen LogP contribution < -0.4 is 15.2 Å². The molecule has 3 N–H and O–H groups in total. The van der Waals surface area contributed by atoms with Crippen LogP contribution in [0.3, 0.4) is 0 Å². The van der Waals surface area contributed by atoms with E-state index in [4.69, 9.17) is 26.8 Å². The van der Waals surface area contributed by atoms with Crippen molar-refractivity contribution in [3.63, 3.8) is 0 Å². The van der Waals surface area contributed by atoms with Gasteiger partial charge in [-0.15, -0.1) is 0 Å². The Morgan fingerprint density at radius 1 is 1.40 bits per heavy atom. The van der Waals surface area contributed by atoms with Crippen LogP contribution in [0.15, 0.2) is 12.1 Å². The molecule has 15 heavy (non-hydrogen) atoms. The van der Waals surface area contributed by atoms with Crippen molar-refractivity contribution in [1.29, 1.82) is 0 Å². The largest absolute Gasteiger partial charge is 0.497 e. The molecular weight excluding hydrogens is 218 g/mol. The van der Waals surface area contributed by atoms with Gasteiger partial charge in [-0.05, 0) is 6.07 Å². The van der Waals surface area contributed by atoms with Crippen LogP contribution in [0.25, 0.3) is 0 Å². The summed E-state index contributed by atoms with van der Waals surface area (Å²) in [5.74, 6) is 1.04. The molecule has 0 aromatic heterocycles. The lowest BCUT2D eigenvalue weighted by molar-refractivity contribution is 0.182. The van der Waals surface area contributed by atoms with Crippen LogP contribution >= 0.6 is 11.6 Å². The molecule has 1 aromatic carbocycles. The van der Waals surface area contributed by atoms with Crippen LogP contribution in [0.5, 0.6) is 11.5 Å². The number of hydrogen-bond donors (Lipinski definition) is 2. The van der Waals surface area contributed by atoms with Gasteiger partial charge in [-0.3, -0.25) is 0 Å². The van der Waals surface area contributed by atoms with Gasteiger partial charge in [0, 0.05) is 18.2 Å². The molecule has 84 valence electrons. The number of halogens is 1. The molecule has 0 bridgehead atoms. The molecule has 0 heterocycles. The third-order valence-electron chi connectivity index (χ3n) is 2.08. The van der Waals surface area contributed by atoms with Gasteiger partial charge >= 0.3 is 0 Å². The Kier molecular flexibility index (Phi) is 4.20. The molecule has 0 aliphatic heterocycles. The lowest BCUT2D eigenvalue weighted by Gasteiger charge is -2.16. The number of rotatable bonds is 4. The second-order valence-electron chi connectivity index (χ2n) is 2.98. The number of aliphatic hydroxyl groups excluding tert-OH is 1. The third-order valence-corrected chi connectivity index (χ3v) is 2.39. The third kappa shape index (κ3) is 2.53. The highest BCUT2D eigenvalue weighted by molar-refractivity contribution is 6.31. The fraction of sp³-hybridized carbons (Fsp3) is 0.400. The van der Waals surface area contributed by atoms with Gasteiger partial charge in [-0.1, -0.05) is 11.6 Å². The molecule has 0 saturated heterocycles. The van der Waals surface area contributed by atoms with Gasteiger partial charge in [0.05, 0.1) is 25.3 Å². The summed E-state index contributed by atoms with van der Waals surface area (Å²) in [7, 11) is 3.03. The first-order valence-corrected chi connectivity index (χ1v) is 4.81. The molecule has 0 aliphatic carbocycles. The first-order valence-electron chi connectivity index (χ1n) is 4.43. The van der Waals surface area contributed by atoms with Crippen LogP contribution in [0.4, 0.5) is 0 Å². The molecule has 1 rings (SSSR count). The monoisotopic (exact) mass is 231 g/mol. The van der Waals surface area contributed by atoms with Crippen LogP contribution in [-0.2, 0) is 0 Å². The zero-order chi connectivity index (χ0) is 11.4. The van der Waals surface area contributed by atoms with Crippen molar-refractivity contribution >= 4 is 11.6 Å². The van der Waals surface area contributed by atoms with Crippen LogP contribution in [-0.4, -0.2) is 25.9 Å². The SMILES string of the molecule is COc1cc(Cl)c(C(O)CN)c(OC)c1. The van der Waals surface area contributed by atoms with Gasteiger partial charge in [-0.25, -0.2) is 0 Å². The summed E-state index contributed by atoms with van der Waals surface area (Å²) in [5.41, 5.74) is 5.86. The summed E-state index contributed by atoms with van der Waals surface area (Å²) in [6.45, 7) is 0.0857. The van der Waals surface area contributed by atoms with E-state index in [1.807, 2.05) is 0 Å². The second-order valence-corrected chi connectivity index (χ2v) is 3.38. The zero-order valence-corrected chi connectivity index (χ0v) is 9.41. The van der Waals surface area contributed by atoms with Crippen molar-refractivity contribution in [3.05, 3.63) is 22.7 Å². The van der Waals surface area contributed by atoms with E-state index in [2.05, 4.69) is 0 Å². The van der Waals surface area contributed by atoms with E-state index < -0.39 is 6.10 Å². The van der Waals surface area contributed by atoms with E-state index in [1.165, 1.54) is 14.2 Å². The Labute approximate surface area is 93.6 Å². The average molecular weight is 232 g/mol. The molecule has 5 heteroatoms. The Balaban J connectivity index is 3.24. The van der Waals surface area contributed by atoms with Crippen LogP contribution in [0, 0.1) is 0 Å². The summed E-state index contributed by atoms with van der Waals surface area (Å²) >= 11 is 5.99. The van der Waals surface area contributed by atoms with Crippen molar-refractivity contribution < 1.29 is 14.6 Å². The second kappa shape index (κ2) is 5.21. The summed E-state index contributed by atoms with van der Waals surface area (Å²) in [4.78, 5) is 0. The van der Waals surface area contributed by atoms with E-state index in [0.29, 0.717) is 22.1 Å². The highest BCUT2D eigenvalue weighted by Crippen LogP contribution is 2.35. The minimum Gasteiger partial charge on any atom is -0.497 e. The first kappa shape index (κ1) is 12.1. The lowest BCUT2D eigenvalue weighted by Crippen LogP contribution is -2.13. The highest BCUT2D eigenvalue weighted by atomic mass is 35.5. The van der Waals surface area contributed by atoms with Crippen LogP contribution in [0.2, 0.25) is 5.02 Å². The number of methoxy groups -OCH3 is 2. The van der Waals surface area contributed by atoms with Gasteiger partial charge in [0.25, 0.3) is 0 Å². The van der Waals surface area contributed by atoms with Crippen molar-refractivity contribution in [2.24, 2.45) is 5.73 Å². The first-order chi connectivity index (χ1) is 7.13. The van der Waals surface area contributed by atoms with Gasteiger partial charge in [-0.2, -0.15) is 0 Å². The minimum atomic E-state index is -0.835. The normalized spacial score (nSPS) is 12.3. The van der Waals surface area contributed by atoms with Crippen molar-refractivity contribution in [2.75, 3.05) is 20.8 Å². The van der Waals surface area contributed by atoms with E-state index in [1.54, 1.807) is 12.1 Å². The van der Waals surface area contributed by atoms with E-state index >= 15 is 0 Å². The summed E-state index contributed by atoms with van der Waals surface area (Å²) < 4.78 is 10.1. The molecule has 1 atom stereocenters. The molecule has 0 radical (unpaired) electrons. The van der Waals surface area contributed by atoms with Crippen LogP contribution in [0.1, 0.15) is 11.7 Å². The Bertz CT molecular complexity index is 344. The van der Waals surface area contributed by atoms with E-state index in [-0.39, 0.29) is 6.54 Å². The molecule has 0 aliphatic rings. The molecular formula is C10H14ClNO3. The van der Waals surface area contributed by atoms with Gasteiger partial charge in [0.2, 0.25) is 0 Å². The van der Waals surface area contributed by atoms with Crippen molar-refractivity contribution in [2.45, 2.75) is 6.10 Å². The minimum absolute atomic E-state index is 0.0857.